The molecular formula is C21H26FN5O. The highest BCUT2D eigenvalue weighted by Gasteiger charge is 2.53. The van der Waals surface area contributed by atoms with Crippen LogP contribution in [0.3, 0.4) is 0 Å². The second-order valence-corrected chi connectivity index (χ2v) is 7.93. The van der Waals surface area contributed by atoms with Crippen molar-refractivity contribution in [2.45, 2.75) is 25.2 Å². The Morgan fingerprint density at radius 3 is 2.29 bits per heavy atom. The van der Waals surface area contributed by atoms with Gasteiger partial charge in [0.1, 0.15) is 11.6 Å². The standard InChI is InChI=1S/C21H26FN5O/c1-15-14-18(25(2)3)24-20(23-15)27-12-10-26(11-13-27)19(28)21(8-9-21)16-4-6-17(22)7-5-16/h4-7,14H,8-13H2,1-3H3. The number of piperazine rings is 1. The van der Waals surface area contributed by atoms with Gasteiger partial charge in [0.05, 0.1) is 5.41 Å². The number of benzene rings is 1. The first kappa shape index (κ1) is 18.7. The summed E-state index contributed by atoms with van der Waals surface area (Å²) in [6, 6.07) is 8.35. The van der Waals surface area contributed by atoms with Gasteiger partial charge in [-0.25, -0.2) is 9.37 Å². The Morgan fingerprint density at radius 2 is 1.71 bits per heavy atom. The number of nitrogens with zero attached hydrogens (tertiary/aromatic N) is 5. The normalized spacial score (nSPS) is 18.1. The van der Waals surface area contributed by atoms with Crippen LogP contribution in [0.2, 0.25) is 0 Å². The largest absolute Gasteiger partial charge is 0.363 e. The summed E-state index contributed by atoms with van der Waals surface area (Å²) in [6.45, 7) is 4.69. The molecule has 28 heavy (non-hydrogen) atoms. The highest BCUT2D eigenvalue weighted by Crippen LogP contribution is 2.49. The van der Waals surface area contributed by atoms with E-state index in [0.717, 1.165) is 35.9 Å². The molecule has 0 spiro atoms. The number of aromatic nitrogens is 2. The summed E-state index contributed by atoms with van der Waals surface area (Å²) < 4.78 is 13.2. The summed E-state index contributed by atoms with van der Waals surface area (Å²) >= 11 is 0. The van der Waals surface area contributed by atoms with E-state index in [-0.39, 0.29) is 11.7 Å². The van der Waals surface area contributed by atoms with E-state index in [1.165, 1.54) is 12.1 Å². The van der Waals surface area contributed by atoms with Crippen LogP contribution in [-0.2, 0) is 10.2 Å². The van der Waals surface area contributed by atoms with Gasteiger partial charge in [-0.3, -0.25) is 4.79 Å². The molecule has 1 saturated carbocycles. The Hall–Kier alpha value is -2.70. The summed E-state index contributed by atoms with van der Waals surface area (Å²) in [4.78, 5) is 28.5. The summed E-state index contributed by atoms with van der Waals surface area (Å²) in [5.74, 6) is 1.50. The Bertz CT molecular complexity index is 871. The second kappa shape index (κ2) is 7.04. The lowest BCUT2D eigenvalue weighted by Gasteiger charge is -2.37. The summed E-state index contributed by atoms with van der Waals surface area (Å²) in [5, 5.41) is 0. The molecule has 0 atom stereocenters. The molecule has 1 aliphatic carbocycles. The molecule has 1 aliphatic heterocycles. The van der Waals surface area contributed by atoms with Gasteiger partial charge in [0.2, 0.25) is 11.9 Å². The third kappa shape index (κ3) is 3.41. The van der Waals surface area contributed by atoms with Crippen LogP contribution < -0.4 is 9.80 Å². The van der Waals surface area contributed by atoms with Crippen LogP contribution in [0.15, 0.2) is 30.3 Å². The van der Waals surface area contributed by atoms with E-state index in [1.807, 2.05) is 36.9 Å². The van der Waals surface area contributed by atoms with Gasteiger partial charge < -0.3 is 14.7 Å². The van der Waals surface area contributed by atoms with Crippen LogP contribution in [0.5, 0.6) is 0 Å². The number of halogens is 1. The molecule has 1 amide bonds. The van der Waals surface area contributed by atoms with Crippen molar-refractivity contribution in [3.05, 3.63) is 47.4 Å². The van der Waals surface area contributed by atoms with E-state index in [1.54, 1.807) is 12.1 Å². The van der Waals surface area contributed by atoms with Gasteiger partial charge in [-0.2, -0.15) is 4.98 Å². The third-order valence-corrected chi connectivity index (χ3v) is 5.69. The van der Waals surface area contributed by atoms with Crippen molar-refractivity contribution in [2.75, 3.05) is 50.1 Å². The molecule has 0 unspecified atom stereocenters. The highest BCUT2D eigenvalue weighted by molar-refractivity contribution is 5.91. The van der Waals surface area contributed by atoms with Gasteiger partial charge in [0.15, 0.2) is 0 Å². The number of amides is 1. The molecule has 7 heteroatoms. The lowest BCUT2D eigenvalue weighted by atomic mass is 9.94. The number of carbonyl (C=O) groups is 1. The maximum atomic E-state index is 13.2. The number of hydrogen-bond acceptors (Lipinski definition) is 5. The monoisotopic (exact) mass is 383 g/mol. The van der Waals surface area contributed by atoms with E-state index < -0.39 is 5.41 Å². The Kier molecular flexibility index (Phi) is 4.69. The summed E-state index contributed by atoms with van der Waals surface area (Å²) in [6.07, 6.45) is 1.68. The van der Waals surface area contributed by atoms with E-state index in [4.69, 9.17) is 0 Å². The molecule has 2 fully saturated rings. The zero-order valence-electron chi connectivity index (χ0n) is 16.7. The van der Waals surface area contributed by atoms with Crippen molar-refractivity contribution in [2.24, 2.45) is 0 Å². The van der Waals surface area contributed by atoms with Crippen LogP contribution in [0.1, 0.15) is 24.1 Å². The molecule has 0 bridgehead atoms. The first-order valence-corrected chi connectivity index (χ1v) is 9.72. The number of anilines is 2. The van der Waals surface area contributed by atoms with Gasteiger partial charge in [0.25, 0.3) is 0 Å². The lowest BCUT2D eigenvalue weighted by molar-refractivity contribution is -0.134. The zero-order chi connectivity index (χ0) is 19.9. The van der Waals surface area contributed by atoms with Gasteiger partial charge in [-0.1, -0.05) is 12.1 Å². The van der Waals surface area contributed by atoms with E-state index in [2.05, 4.69) is 14.9 Å². The molecule has 0 radical (unpaired) electrons. The minimum Gasteiger partial charge on any atom is -0.363 e. The molecule has 2 aromatic rings. The maximum Gasteiger partial charge on any atom is 0.233 e. The molecule has 0 N–H and O–H groups in total. The molecule has 2 aliphatic rings. The fraction of sp³-hybridized carbons (Fsp3) is 0.476. The maximum absolute atomic E-state index is 13.2. The Morgan fingerprint density at radius 1 is 1.07 bits per heavy atom. The number of carbonyl (C=O) groups excluding carboxylic acids is 1. The first-order valence-electron chi connectivity index (χ1n) is 9.72. The highest BCUT2D eigenvalue weighted by atomic mass is 19.1. The predicted molar refractivity (Wildman–Crippen MR) is 107 cm³/mol. The first-order chi connectivity index (χ1) is 13.4. The van der Waals surface area contributed by atoms with Crippen LogP contribution in [0.4, 0.5) is 16.2 Å². The summed E-state index contributed by atoms with van der Waals surface area (Å²) in [7, 11) is 3.93. The number of aryl methyl sites for hydroxylation is 1. The van der Waals surface area contributed by atoms with Crippen LogP contribution >= 0.6 is 0 Å². The van der Waals surface area contributed by atoms with Crippen LogP contribution in [-0.4, -0.2) is 61.0 Å². The molecular weight excluding hydrogens is 357 g/mol. The molecule has 1 aromatic heterocycles. The second-order valence-electron chi connectivity index (χ2n) is 7.93. The smallest absolute Gasteiger partial charge is 0.233 e. The fourth-order valence-corrected chi connectivity index (χ4v) is 3.84. The minimum atomic E-state index is -0.451. The van der Waals surface area contributed by atoms with Crippen LogP contribution in [0, 0.1) is 12.7 Å². The van der Waals surface area contributed by atoms with E-state index >= 15 is 0 Å². The quantitative estimate of drug-likeness (QED) is 0.811. The van der Waals surface area contributed by atoms with Crippen molar-refractivity contribution in [1.82, 2.24) is 14.9 Å². The van der Waals surface area contributed by atoms with E-state index in [0.29, 0.717) is 26.2 Å². The van der Waals surface area contributed by atoms with Crippen molar-refractivity contribution in [3.8, 4) is 0 Å². The minimum absolute atomic E-state index is 0.165. The predicted octanol–water partition coefficient (Wildman–Crippen LogP) is 2.37. The third-order valence-electron chi connectivity index (χ3n) is 5.69. The zero-order valence-corrected chi connectivity index (χ0v) is 16.7. The molecule has 4 rings (SSSR count). The molecule has 148 valence electrons. The Labute approximate surface area is 165 Å². The fourth-order valence-electron chi connectivity index (χ4n) is 3.84. The molecule has 6 nitrogen and oxygen atoms in total. The molecule has 1 aromatic carbocycles. The molecule has 2 heterocycles. The molecule has 1 saturated heterocycles. The average molecular weight is 383 g/mol. The SMILES string of the molecule is Cc1cc(N(C)C)nc(N2CCN(C(=O)C3(c4ccc(F)cc4)CC3)CC2)n1. The van der Waals surface area contributed by atoms with Gasteiger partial charge >= 0.3 is 0 Å². The lowest BCUT2D eigenvalue weighted by Crippen LogP contribution is -2.52. The van der Waals surface area contributed by atoms with Gasteiger partial charge in [0, 0.05) is 52.0 Å². The van der Waals surface area contributed by atoms with Crippen molar-refractivity contribution < 1.29 is 9.18 Å². The Balaban J connectivity index is 1.44. The van der Waals surface area contributed by atoms with Crippen LogP contribution in [0.25, 0.3) is 0 Å². The van der Waals surface area contributed by atoms with Crippen molar-refractivity contribution in [3.63, 3.8) is 0 Å². The summed E-state index contributed by atoms with van der Waals surface area (Å²) in [5.41, 5.74) is 1.41. The van der Waals surface area contributed by atoms with E-state index in [9.17, 15) is 9.18 Å². The van der Waals surface area contributed by atoms with Gasteiger partial charge in [-0.05, 0) is 37.5 Å². The van der Waals surface area contributed by atoms with Gasteiger partial charge in [-0.15, -0.1) is 0 Å². The number of hydrogen-bond donors (Lipinski definition) is 0. The van der Waals surface area contributed by atoms with Crippen molar-refractivity contribution in [1.29, 1.82) is 0 Å². The van der Waals surface area contributed by atoms with Crippen molar-refractivity contribution >= 4 is 17.7 Å². The number of rotatable bonds is 4. The average Bonchev–Trinajstić information content (AvgIpc) is 3.49. The topological polar surface area (TPSA) is 52.6 Å².